The number of hydrogen-bond acceptors (Lipinski definition) is 3. The van der Waals surface area contributed by atoms with Crippen molar-refractivity contribution in [3.63, 3.8) is 0 Å². The molecule has 3 aliphatic heterocycles. The van der Waals surface area contributed by atoms with Crippen molar-refractivity contribution >= 4 is 34.2 Å². The van der Waals surface area contributed by atoms with Gasteiger partial charge in [-0.3, -0.25) is 4.99 Å². The minimum atomic E-state index is -2.74. The molecule has 70 heavy (non-hydrogen) atoms. The predicted molar refractivity (Wildman–Crippen MR) is 203 cm³/mol. The fraction of sp³-hybridized carbons (Fsp3) is 0.0222. The lowest BCUT2D eigenvalue weighted by Gasteiger charge is -2.15. The second kappa shape index (κ2) is 16.5. The first kappa shape index (κ1) is 47.0. The van der Waals surface area contributed by atoms with Crippen molar-refractivity contribution < 1.29 is 92.5 Å². The Kier molecular flexibility index (Phi) is 11.1. The van der Waals surface area contributed by atoms with E-state index < -0.39 is 211 Å². The maximum absolute atomic E-state index is 16.0. The van der Waals surface area contributed by atoms with Gasteiger partial charge in [0.15, 0.2) is 99.0 Å². The maximum Gasteiger partial charge on any atom is 0.200 e. The number of nitrogens with zero attached hydrogens (tertiary/aromatic N) is 2. The van der Waals surface area contributed by atoms with Crippen LogP contribution in [-0.2, 0) is 0 Å². The number of halogens is 20. The largest absolute Gasteiger partial charge is 0.482 e. The molecular weight excluding hydrogens is 992 g/mol. The molecule has 4 aromatic carbocycles. The average molecular weight is 1000 g/mol. The third-order valence-electron chi connectivity index (χ3n) is 10.9. The van der Waals surface area contributed by atoms with Crippen LogP contribution in [0, 0.1) is 116 Å². The third kappa shape index (κ3) is 6.64. The van der Waals surface area contributed by atoms with Crippen molar-refractivity contribution in [2.45, 2.75) is 0 Å². The summed E-state index contributed by atoms with van der Waals surface area (Å²) in [6, 6.07) is 1.73. The van der Waals surface area contributed by atoms with Crippen LogP contribution >= 0.6 is 0 Å². The molecule has 2 N–H and O–H groups in total. The van der Waals surface area contributed by atoms with Crippen LogP contribution in [0.3, 0.4) is 0 Å². The highest BCUT2D eigenvalue weighted by atomic mass is 19.2. The smallest absolute Gasteiger partial charge is 0.200 e. The van der Waals surface area contributed by atoms with Crippen LogP contribution in [0.2, 0.25) is 0 Å². The van der Waals surface area contributed by atoms with E-state index in [1.165, 1.54) is 0 Å². The molecule has 358 valence electrons. The van der Waals surface area contributed by atoms with Gasteiger partial charge in [0.1, 0.15) is 0 Å². The van der Waals surface area contributed by atoms with Crippen LogP contribution in [0.5, 0.6) is 5.88 Å². The molecule has 25 heteroatoms. The lowest BCUT2D eigenvalue weighted by molar-refractivity contribution is 0.376. The van der Waals surface area contributed by atoms with E-state index in [2.05, 4.69) is 20.0 Å². The number of allylic oxidation sites excluding steroid dienone is 5. The molecule has 0 fully saturated rings. The first-order valence-electron chi connectivity index (χ1n) is 18.8. The summed E-state index contributed by atoms with van der Waals surface area (Å²) in [6.45, 7) is 0. The van der Waals surface area contributed by atoms with Crippen molar-refractivity contribution in [1.29, 1.82) is 0 Å². The standard InChI is InChI=1S/C45H12F20N4O/c1-70-45-10-7-16(69-45)20(24-31(52)39(60)44(65)40(61)32(24)53)14-4-2-11(67-14)17(21-25(46)33(54)41(62)34(55)26(21)47)9-6-15(66-8-9)19(23-29(50)37(58)43(64)38(59)30(23)51)13-5-3-12(68-13)18(10)22-27(48)35(56)42(63)36(57)28(22)49/h2-8,67,69H,1H3. The van der Waals surface area contributed by atoms with Gasteiger partial charge in [-0.25, -0.2) is 92.8 Å². The number of hydrogen-bond donors (Lipinski definition) is 2. The SMILES string of the molecule is COc1[nH]c2cc1C(c1c(F)c(F)c(F)c(F)c1F)=C1C=CC(=N1)C(c1c(F)c(F)c(F)c(F)c1F)=C1C=C(C=N1)C(c1c(F)c(F)c(F)c(F)c1F)=c1ccc([nH]1)=C2c1c(F)c(F)c(F)c(F)c1F. The van der Waals surface area contributed by atoms with E-state index in [-0.39, 0.29) is 0 Å². The normalized spacial score (nSPS) is 14.5. The van der Waals surface area contributed by atoms with Crippen LogP contribution in [-0.4, -0.2) is 29.0 Å². The fourth-order valence-corrected chi connectivity index (χ4v) is 7.81. The number of nitrogens with one attached hydrogen (secondary N) is 2. The second-order valence-electron chi connectivity index (χ2n) is 14.7. The summed E-state index contributed by atoms with van der Waals surface area (Å²) in [4.78, 5) is 12.3. The molecule has 0 unspecified atom stereocenters. The molecule has 0 radical (unpaired) electrons. The number of benzene rings is 4. The Hall–Kier alpha value is -8.12. The monoisotopic (exact) mass is 1000 g/mol. The zero-order valence-corrected chi connectivity index (χ0v) is 33.4. The lowest BCUT2D eigenvalue weighted by atomic mass is 9.94. The first-order valence-corrected chi connectivity index (χ1v) is 18.8. The lowest BCUT2D eigenvalue weighted by Crippen LogP contribution is -2.21. The molecule has 0 aliphatic carbocycles. The Morgan fingerprint density at radius 1 is 0.400 bits per heavy atom. The molecule has 0 spiro atoms. The molecule has 3 aliphatic rings. The first-order chi connectivity index (χ1) is 33.0. The number of fused-ring (bicyclic) bond motifs is 6. The minimum absolute atomic E-state index is 0.444. The summed E-state index contributed by atoms with van der Waals surface area (Å²) in [5.74, 6) is -54.0. The Morgan fingerprint density at radius 2 is 0.771 bits per heavy atom. The molecule has 5 nitrogen and oxygen atoms in total. The molecule has 9 rings (SSSR count). The van der Waals surface area contributed by atoms with Gasteiger partial charge in [-0.1, -0.05) is 0 Å². The quantitative estimate of drug-likeness (QED) is 0.101. The van der Waals surface area contributed by atoms with Crippen molar-refractivity contribution in [3.8, 4) is 5.88 Å². The summed E-state index contributed by atoms with van der Waals surface area (Å²) in [7, 11) is 0.727. The molecule has 2 aromatic heterocycles. The number of methoxy groups -OCH3 is 1. The Balaban J connectivity index is 1.57. The third-order valence-corrected chi connectivity index (χ3v) is 10.9. The average Bonchev–Trinajstić information content (AvgIpc) is 4.20. The van der Waals surface area contributed by atoms with Crippen molar-refractivity contribution in [2.24, 2.45) is 9.98 Å². The van der Waals surface area contributed by atoms with E-state index >= 15 is 52.7 Å². The number of ether oxygens (including phenoxy) is 1. The highest BCUT2D eigenvalue weighted by Crippen LogP contribution is 2.44. The summed E-state index contributed by atoms with van der Waals surface area (Å²) in [5, 5.41) is -1.90. The summed E-state index contributed by atoms with van der Waals surface area (Å²) in [5.41, 5.74) is -19.0. The fourth-order valence-electron chi connectivity index (χ4n) is 7.81. The van der Waals surface area contributed by atoms with Crippen LogP contribution < -0.4 is 15.4 Å². The van der Waals surface area contributed by atoms with E-state index in [4.69, 9.17) is 4.74 Å². The van der Waals surface area contributed by atoms with Crippen LogP contribution in [0.25, 0.3) is 22.3 Å². The van der Waals surface area contributed by atoms with E-state index in [1.54, 1.807) is 0 Å². The molecule has 5 heterocycles. The molecule has 0 saturated carbocycles. The minimum Gasteiger partial charge on any atom is -0.482 e. The summed E-state index contributed by atoms with van der Waals surface area (Å²) in [6.07, 6.45) is 2.05. The number of aromatic amines is 2. The van der Waals surface area contributed by atoms with Gasteiger partial charge in [-0.2, -0.15) is 0 Å². The van der Waals surface area contributed by atoms with Crippen molar-refractivity contribution in [3.05, 3.63) is 214 Å². The van der Waals surface area contributed by atoms with Crippen molar-refractivity contribution in [2.75, 3.05) is 7.11 Å². The second-order valence-corrected chi connectivity index (χ2v) is 14.7. The van der Waals surface area contributed by atoms with Crippen LogP contribution in [0.1, 0.15) is 33.5 Å². The van der Waals surface area contributed by atoms with Gasteiger partial charge in [-0.15, -0.1) is 0 Å². The van der Waals surface area contributed by atoms with Crippen LogP contribution in [0.15, 0.2) is 63.4 Å². The number of aromatic nitrogens is 2. The maximum atomic E-state index is 16.0. The topological polar surface area (TPSA) is 65.5 Å². The highest BCUT2D eigenvalue weighted by Gasteiger charge is 2.38. The summed E-state index contributed by atoms with van der Waals surface area (Å²) < 4.78 is 310. The number of H-pyrrole nitrogens is 2. The molecular formula is C45H12F20N4O. The van der Waals surface area contributed by atoms with E-state index in [9.17, 15) is 35.1 Å². The molecule has 0 saturated heterocycles. The summed E-state index contributed by atoms with van der Waals surface area (Å²) >= 11 is 0. The van der Waals surface area contributed by atoms with Gasteiger partial charge in [0.05, 0.1) is 52.2 Å². The highest BCUT2D eigenvalue weighted by molar-refractivity contribution is 6.32. The molecule has 0 atom stereocenters. The van der Waals surface area contributed by atoms with Gasteiger partial charge in [0.2, 0.25) is 23.3 Å². The van der Waals surface area contributed by atoms with Gasteiger partial charge in [0, 0.05) is 50.3 Å². The van der Waals surface area contributed by atoms with Gasteiger partial charge in [0.25, 0.3) is 0 Å². The Bertz CT molecular complexity index is 3640. The van der Waals surface area contributed by atoms with Crippen molar-refractivity contribution in [1.82, 2.24) is 9.97 Å². The van der Waals surface area contributed by atoms with E-state index in [0.717, 1.165) is 7.11 Å². The van der Waals surface area contributed by atoms with E-state index in [1.807, 2.05) is 0 Å². The Morgan fingerprint density at radius 3 is 1.20 bits per heavy atom. The van der Waals surface area contributed by atoms with Gasteiger partial charge < -0.3 is 14.7 Å². The Labute approximate surface area is 373 Å². The van der Waals surface area contributed by atoms with Gasteiger partial charge >= 0.3 is 0 Å². The predicted octanol–water partition coefficient (Wildman–Crippen LogP) is 10.8. The van der Waals surface area contributed by atoms with Crippen LogP contribution in [0.4, 0.5) is 87.8 Å². The molecule has 8 bridgehead atoms. The van der Waals surface area contributed by atoms with Gasteiger partial charge in [-0.05, 0) is 36.4 Å². The zero-order chi connectivity index (χ0) is 50.8. The molecule has 6 aromatic rings. The van der Waals surface area contributed by atoms with E-state index in [0.29, 0.717) is 42.6 Å². The number of rotatable bonds is 5. The number of aliphatic imine (C=N–C) groups is 2. The molecule has 0 amide bonds. The zero-order valence-electron chi connectivity index (χ0n) is 33.4.